The van der Waals surface area contributed by atoms with E-state index < -0.39 is 0 Å². The number of aryl methyl sites for hydroxylation is 3. The lowest BCUT2D eigenvalue weighted by atomic mass is 10.0. The standard InChI is InChI=1S/C21H20N4O2.C2H6/c1-12-3-4-15(9-13(12)2)19-20(26)21(23-11-22-19)24-16-6-7-17-14(10-16)5-8-18(17)25-27;1-2/h3-4,6-7,9-11,26-27H,5,8H2,1-2H3,(H,22,23,24);1-2H3/b25-18+;. The van der Waals surface area contributed by atoms with Gasteiger partial charge in [-0.25, -0.2) is 9.97 Å². The van der Waals surface area contributed by atoms with Crippen LogP contribution in [0.15, 0.2) is 47.9 Å². The number of nitrogens with zero attached hydrogens (tertiary/aromatic N) is 3. The van der Waals surface area contributed by atoms with Gasteiger partial charge in [-0.3, -0.25) is 0 Å². The zero-order valence-corrected chi connectivity index (χ0v) is 17.2. The summed E-state index contributed by atoms with van der Waals surface area (Å²) in [6, 6.07) is 11.8. The van der Waals surface area contributed by atoms with Crippen LogP contribution < -0.4 is 5.32 Å². The molecular formula is C23H26N4O2. The Balaban J connectivity index is 0.00000117. The van der Waals surface area contributed by atoms with E-state index in [1.807, 2.05) is 64.1 Å². The second-order valence-corrected chi connectivity index (χ2v) is 6.76. The lowest BCUT2D eigenvalue weighted by Crippen LogP contribution is -1.99. The number of nitrogens with one attached hydrogen (secondary N) is 1. The molecule has 0 saturated carbocycles. The predicted octanol–water partition coefficient (Wildman–Crippen LogP) is 5.36. The van der Waals surface area contributed by atoms with Crippen LogP contribution in [0.4, 0.5) is 11.5 Å². The molecule has 0 spiro atoms. The van der Waals surface area contributed by atoms with E-state index >= 15 is 0 Å². The van der Waals surface area contributed by atoms with Gasteiger partial charge in [0.2, 0.25) is 0 Å². The molecule has 0 atom stereocenters. The van der Waals surface area contributed by atoms with Crippen LogP contribution in [0.25, 0.3) is 11.3 Å². The van der Waals surface area contributed by atoms with Crippen molar-refractivity contribution in [2.75, 3.05) is 5.32 Å². The topological polar surface area (TPSA) is 90.6 Å². The summed E-state index contributed by atoms with van der Waals surface area (Å²) < 4.78 is 0. The van der Waals surface area contributed by atoms with Gasteiger partial charge < -0.3 is 15.6 Å². The minimum atomic E-state index is 0.0128. The second-order valence-electron chi connectivity index (χ2n) is 6.76. The van der Waals surface area contributed by atoms with Gasteiger partial charge in [0.25, 0.3) is 0 Å². The van der Waals surface area contributed by atoms with Gasteiger partial charge in [-0.2, -0.15) is 0 Å². The van der Waals surface area contributed by atoms with Crippen LogP contribution in [0.5, 0.6) is 5.75 Å². The normalized spacial score (nSPS) is 13.6. The van der Waals surface area contributed by atoms with Crippen molar-refractivity contribution in [3.63, 3.8) is 0 Å². The van der Waals surface area contributed by atoms with Crippen LogP contribution in [-0.2, 0) is 6.42 Å². The highest BCUT2D eigenvalue weighted by atomic mass is 16.4. The van der Waals surface area contributed by atoms with Crippen molar-refractivity contribution >= 4 is 17.2 Å². The summed E-state index contributed by atoms with van der Waals surface area (Å²) in [5.41, 5.74) is 7.26. The van der Waals surface area contributed by atoms with E-state index in [9.17, 15) is 5.11 Å². The van der Waals surface area contributed by atoms with E-state index in [0.29, 0.717) is 17.2 Å². The molecule has 1 aliphatic carbocycles. The summed E-state index contributed by atoms with van der Waals surface area (Å²) in [6.07, 6.45) is 3.00. The fourth-order valence-electron chi connectivity index (χ4n) is 3.36. The molecule has 6 nitrogen and oxygen atoms in total. The Bertz CT molecular complexity index is 1060. The lowest BCUT2D eigenvalue weighted by molar-refractivity contribution is 0.318. The maximum Gasteiger partial charge on any atom is 0.185 e. The lowest BCUT2D eigenvalue weighted by Gasteiger charge is -2.12. The van der Waals surface area contributed by atoms with Crippen LogP contribution in [0.1, 0.15) is 42.5 Å². The highest BCUT2D eigenvalue weighted by molar-refractivity contribution is 6.04. The summed E-state index contributed by atoms with van der Waals surface area (Å²) in [4.78, 5) is 8.44. The number of hydrogen-bond donors (Lipinski definition) is 3. The molecule has 0 saturated heterocycles. The molecule has 4 rings (SSSR count). The molecule has 0 radical (unpaired) electrons. The van der Waals surface area contributed by atoms with E-state index in [-0.39, 0.29) is 5.75 Å². The number of fused-ring (bicyclic) bond motifs is 1. The Kier molecular flexibility index (Phi) is 6.12. The third-order valence-electron chi connectivity index (χ3n) is 5.03. The Labute approximate surface area is 171 Å². The molecule has 2 aromatic carbocycles. The Morgan fingerprint density at radius 1 is 0.966 bits per heavy atom. The number of anilines is 2. The zero-order valence-electron chi connectivity index (χ0n) is 17.2. The molecule has 0 bridgehead atoms. The van der Waals surface area contributed by atoms with Crippen molar-refractivity contribution in [3.05, 3.63) is 65.0 Å². The molecule has 0 aliphatic heterocycles. The molecular weight excluding hydrogens is 364 g/mol. The maximum atomic E-state index is 10.7. The molecule has 0 unspecified atom stereocenters. The first-order valence-corrected chi connectivity index (χ1v) is 9.79. The summed E-state index contributed by atoms with van der Waals surface area (Å²) in [5, 5.41) is 26.3. The Hall–Kier alpha value is -3.41. The number of benzene rings is 2. The summed E-state index contributed by atoms with van der Waals surface area (Å²) in [5.74, 6) is 0.367. The first kappa shape index (κ1) is 20.3. The van der Waals surface area contributed by atoms with Gasteiger partial charge in [0.1, 0.15) is 12.0 Å². The predicted molar refractivity (Wildman–Crippen MR) is 116 cm³/mol. The van der Waals surface area contributed by atoms with Gasteiger partial charge in [0, 0.05) is 16.8 Å². The van der Waals surface area contributed by atoms with Crippen molar-refractivity contribution in [2.45, 2.75) is 40.5 Å². The van der Waals surface area contributed by atoms with E-state index in [2.05, 4.69) is 20.4 Å². The third-order valence-corrected chi connectivity index (χ3v) is 5.03. The first-order valence-electron chi connectivity index (χ1n) is 9.79. The SMILES string of the molecule is CC.Cc1ccc(-c2ncnc(Nc3ccc4c(c3)CC/C4=N\O)c2O)cc1C. The largest absolute Gasteiger partial charge is 0.503 e. The van der Waals surface area contributed by atoms with Crippen molar-refractivity contribution in [1.29, 1.82) is 0 Å². The molecule has 29 heavy (non-hydrogen) atoms. The minimum Gasteiger partial charge on any atom is -0.503 e. The Morgan fingerprint density at radius 3 is 2.48 bits per heavy atom. The van der Waals surface area contributed by atoms with Gasteiger partial charge in [-0.1, -0.05) is 37.2 Å². The summed E-state index contributed by atoms with van der Waals surface area (Å²) >= 11 is 0. The molecule has 1 heterocycles. The molecule has 1 aliphatic rings. The highest BCUT2D eigenvalue weighted by Gasteiger charge is 2.19. The summed E-state index contributed by atoms with van der Waals surface area (Å²) in [6.45, 7) is 8.08. The molecule has 0 amide bonds. The number of hydrogen-bond acceptors (Lipinski definition) is 6. The van der Waals surface area contributed by atoms with Gasteiger partial charge in [-0.05, 0) is 61.6 Å². The fraction of sp³-hybridized carbons (Fsp3) is 0.261. The smallest absolute Gasteiger partial charge is 0.185 e. The highest BCUT2D eigenvalue weighted by Crippen LogP contribution is 2.35. The van der Waals surface area contributed by atoms with Crippen LogP contribution in [0.2, 0.25) is 0 Å². The molecule has 150 valence electrons. The zero-order chi connectivity index (χ0) is 21.0. The van der Waals surface area contributed by atoms with Gasteiger partial charge in [0.05, 0.1) is 5.71 Å². The van der Waals surface area contributed by atoms with Gasteiger partial charge in [-0.15, -0.1) is 0 Å². The van der Waals surface area contributed by atoms with Crippen LogP contribution in [0, 0.1) is 13.8 Å². The van der Waals surface area contributed by atoms with E-state index in [1.54, 1.807) is 0 Å². The van der Waals surface area contributed by atoms with E-state index in [1.165, 1.54) is 11.9 Å². The molecule has 3 N–H and O–H groups in total. The average molecular weight is 390 g/mol. The minimum absolute atomic E-state index is 0.0128. The number of aromatic hydroxyl groups is 1. The van der Waals surface area contributed by atoms with Crippen LogP contribution >= 0.6 is 0 Å². The fourth-order valence-corrected chi connectivity index (χ4v) is 3.36. The number of rotatable bonds is 3. The third kappa shape index (κ3) is 4.06. The van der Waals surface area contributed by atoms with Crippen molar-refractivity contribution in [1.82, 2.24) is 9.97 Å². The Morgan fingerprint density at radius 2 is 1.76 bits per heavy atom. The van der Waals surface area contributed by atoms with Crippen molar-refractivity contribution in [2.24, 2.45) is 5.16 Å². The second kappa shape index (κ2) is 8.73. The van der Waals surface area contributed by atoms with Crippen LogP contribution in [-0.4, -0.2) is 26.0 Å². The average Bonchev–Trinajstić information content (AvgIpc) is 3.15. The van der Waals surface area contributed by atoms with Crippen molar-refractivity contribution < 1.29 is 10.3 Å². The molecule has 6 heteroatoms. The van der Waals surface area contributed by atoms with E-state index in [4.69, 9.17) is 5.21 Å². The molecule has 0 fully saturated rings. The van der Waals surface area contributed by atoms with E-state index in [0.717, 1.165) is 40.8 Å². The quantitative estimate of drug-likeness (QED) is 0.414. The van der Waals surface area contributed by atoms with Gasteiger partial charge >= 0.3 is 0 Å². The maximum absolute atomic E-state index is 10.7. The monoisotopic (exact) mass is 390 g/mol. The first-order chi connectivity index (χ1) is 14.1. The number of oxime groups is 1. The molecule has 1 aromatic heterocycles. The van der Waals surface area contributed by atoms with Crippen molar-refractivity contribution in [3.8, 4) is 17.0 Å². The van der Waals surface area contributed by atoms with Gasteiger partial charge in [0.15, 0.2) is 11.6 Å². The molecule has 3 aromatic rings. The number of aromatic nitrogens is 2. The summed E-state index contributed by atoms with van der Waals surface area (Å²) in [7, 11) is 0. The van der Waals surface area contributed by atoms with Crippen LogP contribution in [0.3, 0.4) is 0 Å².